The van der Waals surface area contributed by atoms with E-state index in [4.69, 9.17) is 34.8 Å². The Bertz CT molecular complexity index is 1190. The van der Waals surface area contributed by atoms with Crippen LogP contribution in [-0.2, 0) is 26.2 Å². The minimum absolute atomic E-state index is 0.00470. The summed E-state index contributed by atoms with van der Waals surface area (Å²) in [6.07, 6.45) is 1.84. The first kappa shape index (κ1) is 30.2. The Hall–Kier alpha value is -2.07. The number of halogens is 4. The molecule has 198 valence electrons. The van der Waals surface area contributed by atoms with Crippen LogP contribution in [0.2, 0.25) is 15.1 Å². The standard InChI is InChI=1S/C24H29Cl3FN3O4S/c1-5-15(3)29-24(33)22(6-2)30(13-17-18(25)8-7-9-19(17)26)23(32)14-31(36(4,34)35)16-10-11-21(28)20(27)12-16/h7-12,15,22H,5-6,13-14H2,1-4H3,(H,29,33)/t15-,22-/m0/s1. The van der Waals surface area contributed by atoms with E-state index in [-0.39, 0.29) is 35.6 Å². The first-order valence-electron chi connectivity index (χ1n) is 11.3. The lowest BCUT2D eigenvalue weighted by Crippen LogP contribution is -2.53. The van der Waals surface area contributed by atoms with Gasteiger partial charge in [0.25, 0.3) is 0 Å². The van der Waals surface area contributed by atoms with Crippen molar-refractivity contribution in [1.29, 1.82) is 0 Å². The highest BCUT2D eigenvalue weighted by Gasteiger charge is 2.33. The van der Waals surface area contributed by atoms with E-state index in [2.05, 4.69) is 5.32 Å². The summed E-state index contributed by atoms with van der Waals surface area (Å²) < 4.78 is 39.7. The van der Waals surface area contributed by atoms with Crippen LogP contribution in [-0.4, -0.2) is 50.0 Å². The Labute approximate surface area is 226 Å². The maximum atomic E-state index is 13.7. The number of rotatable bonds is 11. The van der Waals surface area contributed by atoms with Crippen LogP contribution in [0.3, 0.4) is 0 Å². The van der Waals surface area contributed by atoms with Crippen molar-refractivity contribution in [2.75, 3.05) is 17.1 Å². The molecule has 0 fully saturated rings. The van der Waals surface area contributed by atoms with Crippen LogP contribution in [0.15, 0.2) is 36.4 Å². The lowest BCUT2D eigenvalue weighted by atomic mass is 10.1. The predicted octanol–water partition coefficient (Wildman–Crippen LogP) is 5.27. The van der Waals surface area contributed by atoms with E-state index in [1.165, 1.54) is 11.0 Å². The summed E-state index contributed by atoms with van der Waals surface area (Å²) in [5.41, 5.74) is 0.421. The molecule has 0 spiro atoms. The molecule has 36 heavy (non-hydrogen) atoms. The second-order valence-electron chi connectivity index (χ2n) is 8.33. The Morgan fingerprint density at radius 3 is 2.14 bits per heavy atom. The van der Waals surface area contributed by atoms with Gasteiger partial charge in [-0.05, 0) is 50.1 Å². The summed E-state index contributed by atoms with van der Waals surface area (Å²) in [6.45, 7) is 4.70. The van der Waals surface area contributed by atoms with Crippen LogP contribution in [0.25, 0.3) is 0 Å². The second-order valence-corrected chi connectivity index (χ2v) is 11.5. The number of carbonyl (C=O) groups excluding carboxylic acids is 2. The fourth-order valence-corrected chi connectivity index (χ4v) is 5.00. The maximum Gasteiger partial charge on any atom is 0.244 e. The molecule has 0 saturated carbocycles. The third-order valence-electron chi connectivity index (χ3n) is 5.65. The van der Waals surface area contributed by atoms with Gasteiger partial charge >= 0.3 is 0 Å². The molecule has 0 saturated heterocycles. The van der Waals surface area contributed by atoms with Crippen molar-refractivity contribution in [2.24, 2.45) is 0 Å². The van der Waals surface area contributed by atoms with E-state index >= 15 is 0 Å². The minimum atomic E-state index is -3.99. The molecule has 12 heteroatoms. The topological polar surface area (TPSA) is 86.8 Å². The lowest BCUT2D eigenvalue weighted by molar-refractivity contribution is -0.140. The lowest BCUT2D eigenvalue weighted by Gasteiger charge is -2.33. The third-order valence-corrected chi connectivity index (χ3v) is 7.79. The number of amides is 2. The van der Waals surface area contributed by atoms with Crippen molar-refractivity contribution in [1.82, 2.24) is 10.2 Å². The normalized spacial score (nSPS) is 13.1. The minimum Gasteiger partial charge on any atom is -0.352 e. The predicted molar refractivity (Wildman–Crippen MR) is 143 cm³/mol. The van der Waals surface area contributed by atoms with Gasteiger partial charge in [-0.3, -0.25) is 13.9 Å². The largest absolute Gasteiger partial charge is 0.352 e. The van der Waals surface area contributed by atoms with Gasteiger partial charge in [0.1, 0.15) is 18.4 Å². The van der Waals surface area contributed by atoms with Crippen molar-refractivity contribution in [3.8, 4) is 0 Å². The summed E-state index contributed by atoms with van der Waals surface area (Å²) in [5, 5.41) is 3.16. The first-order valence-corrected chi connectivity index (χ1v) is 14.2. The van der Waals surface area contributed by atoms with Crippen LogP contribution < -0.4 is 9.62 Å². The maximum absolute atomic E-state index is 13.7. The van der Waals surface area contributed by atoms with Crippen molar-refractivity contribution < 1.29 is 22.4 Å². The van der Waals surface area contributed by atoms with Crippen molar-refractivity contribution in [3.63, 3.8) is 0 Å². The highest BCUT2D eigenvalue weighted by atomic mass is 35.5. The molecule has 0 aliphatic carbocycles. The SMILES string of the molecule is CC[C@H](C)NC(=O)[C@H](CC)N(Cc1c(Cl)cccc1Cl)C(=O)CN(c1ccc(F)c(Cl)c1)S(C)(=O)=O. The van der Waals surface area contributed by atoms with Crippen LogP contribution in [0, 0.1) is 5.82 Å². The number of hydrogen-bond acceptors (Lipinski definition) is 4. The average molecular weight is 581 g/mol. The third kappa shape index (κ3) is 7.71. The van der Waals surface area contributed by atoms with E-state index in [1.807, 2.05) is 13.8 Å². The molecule has 2 atom stereocenters. The van der Waals surface area contributed by atoms with Gasteiger partial charge in [0, 0.05) is 28.2 Å². The molecule has 7 nitrogen and oxygen atoms in total. The molecule has 0 unspecified atom stereocenters. The number of anilines is 1. The van der Waals surface area contributed by atoms with Crippen molar-refractivity contribution in [3.05, 3.63) is 62.8 Å². The molecular weight excluding hydrogens is 552 g/mol. The van der Waals surface area contributed by atoms with Crippen molar-refractivity contribution in [2.45, 2.75) is 52.2 Å². The Kier molecular flexibility index (Phi) is 10.8. The van der Waals surface area contributed by atoms with Gasteiger partial charge in [-0.15, -0.1) is 0 Å². The molecule has 2 aromatic carbocycles. The van der Waals surface area contributed by atoms with E-state index in [9.17, 15) is 22.4 Å². The number of benzene rings is 2. The van der Waals surface area contributed by atoms with E-state index < -0.39 is 34.3 Å². The highest BCUT2D eigenvalue weighted by molar-refractivity contribution is 7.92. The molecule has 0 aliphatic heterocycles. The quantitative estimate of drug-likeness (QED) is 0.392. The van der Waals surface area contributed by atoms with Gasteiger partial charge in [-0.25, -0.2) is 12.8 Å². The number of carbonyl (C=O) groups is 2. The summed E-state index contributed by atoms with van der Waals surface area (Å²) in [7, 11) is -3.99. The Morgan fingerprint density at radius 2 is 1.64 bits per heavy atom. The van der Waals surface area contributed by atoms with Gasteiger partial charge in [0.2, 0.25) is 21.8 Å². The Balaban J connectivity index is 2.52. The molecule has 0 radical (unpaired) electrons. The zero-order valence-corrected chi connectivity index (χ0v) is 23.5. The molecule has 2 rings (SSSR count). The number of sulfonamides is 1. The van der Waals surface area contributed by atoms with Gasteiger partial charge < -0.3 is 10.2 Å². The first-order chi connectivity index (χ1) is 16.8. The zero-order chi connectivity index (χ0) is 27.2. The monoisotopic (exact) mass is 579 g/mol. The molecule has 0 heterocycles. The summed E-state index contributed by atoms with van der Waals surface area (Å²) in [6, 6.07) is 7.13. The zero-order valence-electron chi connectivity index (χ0n) is 20.4. The molecule has 0 bridgehead atoms. The van der Waals surface area contributed by atoms with Crippen molar-refractivity contribution >= 4 is 62.3 Å². The fourth-order valence-electron chi connectivity index (χ4n) is 3.47. The van der Waals surface area contributed by atoms with Crippen LogP contribution in [0.1, 0.15) is 39.2 Å². The molecule has 2 amide bonds. The van der Waals surface area contributed by atoms with Gasteiger partial charge in [0.15, 0.2) is 0 Å². The second kappa shape index (κ2) is 12.9. The average Bonchev–Trinajstić information content (AvgIpc) is 2.80. The number of hydrogen-bond donors (Lipinski definition) is 1. The van der Waals surface area contributed by atoms with Crippen LogP contribution >= 0.6 is 34.8 Å². The molecular formula is C24H29Cl3FN3O4S. The van der Waals surface area contributed by atoms with Gasteiger partial charge in [-0.1, -0.05) is 54.7 Å². The van der Waals surface area contributed by atoms with E-state index in [1.54, 1.807) is 25.1 Å². The fraction of sp³-hybridized carbons (Fsp3) is 0.417. The summed E-state index contributed by atoms with van der Waals surface area (Å²) in [5.74, 6) is -1.80. The number of nitrogens with one attached hydrogen (secondary N) is 1. The van der Waals surface area contributed by atoms with Gasteiger partial charge in [-0.2, -0.15) is 0 Å². The molecule has 2 aromatic rings. The van der Waals surface area contributed by atoms with E-state index in [0.29, 0.717) is 22.0 Å². The smallest absolute Gasteiger partial charge is 0.244 e. The summed E-state index contributed by atoms with van der Waals surface area (Å²) >= 11 is 18.5. The Morgan fingerprint density at radius 1 is 1.03 bits per heavy atom. The van der Waals surface area contributed by atoms with Crippen LogP contribution in [0.4, 0.5) is 10.1 Å². The van der Waals surface area contributed by atoms with E-state index in [0.717, 1.165) is 22.7 Å². The van der Waals surface area contributed by atoms with Crippen LogP contribution in [0.5, 0.6) is 0 Å². The summed E-state index contributed by atoms with van der Waals surface area (Å²) in [4.78, 5) is 28.0. The highest BCUT2D eigenvalue weighted by Crippen LogP contribution is 2.28. The van der Waals surface area contributed by atoms with Gasteiger partial charge in [0.05, 0.1) is 17.0 Å². The molecule has 0 aromatic heterocycles. The molecule has 1 N–H and O–H groups in total. The molecule has 0 aliphatic rings. The number of nitrogens with zero attached hydrogens (tertiary/aromatic N) is 2.